The van der Waals surface area contributed by atoms with Crippen LogP contribution in [0.4, 0.5) is 0 Å². The van der Waals surface area contributed by atoms with E-state index in [9.17, 15) is 9.59 Å². The zero-order valence-corrected chi connectivity index (χ0v) is 17.4. The highest BCUT2D eigenvalue weighted by molar-refractivity contribution is 7.99. The summed E-state index contributed by atoms with van der Waals surface area (Å²) in [6.07, 6.45) is 1.72. The molecule has 1 aliphatic heterocycles. The van der Waals surface area contributed by atoms with Crippen LogP contribution in [0.2, 0.25) is 5.02 Å². The van der Waals surface area contributed by atoms with Crippen LogP contribution in [0.5, 0.6) is 0 Å². The Labute approximate surface area is 175 Å². The van der Waals surface area contributed by atoms with Crippen LogP contribution >= 0.6 is 23.4 Å². The van der Waals surface area contributed by atoms with Crippen molar-refractivity contribution in [1.82, 2.24) is 4.90 Å². The number of hydrogen-bond donors (Lipinski definition) is 0. The maximum atomic E-state index is 13.2. The predicted octanol–water partition coefficient (Wildman–Crippen LogP) is 4.87. The van der Waals surface area contributed by atoms with Crippen molar-refractivity contribution in [2.75, 3.05) is 12.4 Å². The molecule has 2 aromatic carbocycles. The molecule has 4 nitrogen and oxygen atoms in total. The first kappa shape index (κ1) is 20.7. The van der Waals surface area contributed by atoms with E-state index in [2.05, 4.69) is 0 Å². The van der Waals surface area contributed by atoms with Crippen LogP contribution in [-0.4, -0.2) is 35.2 Å². The van der Waals surface area contributed by atoms with E-state index in [0.29, 0.717) is 30.2 Å². The van der Waals surface area contributed by atoms with E-state index in [1.165, 1.54) is 0 Å². The molecular formula is C22H24ClNO3S. The Balaban J connectivity index is 1.81. The lowest BCUT2D eigenvalue weighted by molar-refractivity contribution is -0.154. The number of amides is 1. The largest absolute Gasteiger partial charge is 0.464 e. The van der Waals surface area contributed by atoms with Crippen molar-refractivity contribution in [2.24, 2.45) is 0 Å². The van der Waals surface area contributed by atoms with Gasteiger partial charge in [0.25, 0.3) is 0 Å². The second kappa shape index (κ2) is 9.99. The summed E-state index contributed by atoms with van der Waals surface area (Å²) >= 11 is 7.95. The fourth-order valence-electron chi connectivity index (χ4n) is 3.23. The van der Waals surface area contributed by atoms with E-state index >= 15 is 0 Å². The smallest absolute Gasteiger partial charge is 0.329 e. The molecule has 0 bridgehead atoms. The minimum absolute atomic E-state index is 0.0581. The zero-order chi connectivity index (χ0) is 19.9. The van der Waals surface area contributed by atoms with Crippen molar-refractivity contribution in [3.8, 4) is 0 Å². The van der Waals surface area contributed by atoms with Gasteiger partial charge in [-0.25, -0.2) is 4.79 Å². The zero-order valence-electron chi connectivity index (χ0n) is 15.8. The lowest BCUT2D eigenvalue weighted by atomic mass is 10.1. The second-order valence-electron chi connectivity index (χ2n) is 6.68. The molecule has 1 amide bonds. The molecule has 2 aromatic rings. The van der Waals surface area contributed by atoms with Crippen LogP contribution in [0.25, 0.3) is 0 Å². The molecule has 28 heavy (non-hydrogen) atoms. The van der Waals surface area contributed by atoms with Gasteiger partial charge in [0.05, 0.1) is 6.61 Å². The molecule has 1 aliphatic rings. The number of ether oxygens (including phenoxy) is 1. The molecule has 0 N–H and O–H groups in total. The van der Waals surface area contributed by atoms with E-state index in [1.807, 2.05) is 61.5 Å². The third-order valence-electron chi connectivity index (χ3n) is 4.65. The number of aryl methyl sites for hydroxylation is 1. The van der Waals surface area contributed by atoms with Gasteiger partial charge in [0, 0.05) is 22.8 Å². The van der Waals surface area contributed by atoms with Gasteiger partial charge in [-0.05, 0) is 24.5 Å². The first-order chi connectivity index (χ1) is 13.6. The molecule has 148 valence electrons. The SMILES string of the molecule is CCCOC(=O)C1CSC(c2ccccc2Cl)N1C(=O)CCc1ccccc1. The monoisotopic (exact) mass is 417 g/mol. The Hall–Kier alpha value is -1.98. The summed E-state index contributed by atoms with van der Waals surface area (Å²) in [6.45, 7) is 2.31. The molecule has 1 saturated heterocycles. The lowest BCUT2D eigenvalue weighted by Gasteiger charge is -2.29. The third kappa shape index (κ3) is 4.89. The highest BCUT2D eigenvalue weighted by Gasteiger charge is 2.43. The van der Waals surface area contributed by atoms with E-state index < -0.39 is 6.04 Å². The minimum atomic E-state index is -0.582. The van der Waals surface area contributed by atoms with Crippen molar-refractivity contribution in [3.05, 3.63) is 70.7 Å². The second-order valence-corrected chi connectivity index (χ2v) is 8.20. The molecule has 1 heterocycles. The van der Waals surface area contributed by atoms with Crippen molar-refractivity contribution >= 4 is 35.2 Å². The number of halogens is 1. The maximum absolute atomic E-state index is 13.2. The average molecular weight is 418 g/mol. The average Bonchev–Trinajstić information content (AvgIpc) is 3.16. The van der Waals surface area contributed by atoms with Gasteiger partial charge >= 0.3 is 5.97 Å². The summed E-state index contributed by atoms with van der Waals surface area (Å²) in [6, 6.07) is 16.8. The van der Waals surface area contributed by atoms with Crippen LogP contribution in [0.3, 0.4) is 0 Å². The van der Waals surface area contributed by atoms with Crippen LogP contribution in [-0.2, 0) is 20.7 Å². The van der Waals surface area contributed by atoms with Crippen molar-refractivity contribution in [1.29, 1.82) is 0 Å². The summed E-state index contributed by atoms with van der Waals surface area (Å²) in [5, 5.41) is 0.319. The third-order valence-corrected chi connectivity index (χ3v) is 6.30. The first-order valence-corrected chi connectivity index (χ1v) is 10.9. The highest BCUT2D eigenvalue weighted by Crippen LogP contribution is 2.44. The Kier molecular flexibility index (Phi) is 7.40. The first-order valence-electron chi connectivity index (χ1n) is 9.49. The van der Waals surface area contributed by atoms with E-state index in [-0.39, 0.29) is 17.3 Å². The summed E-state index contributed by atoms with van der Waals surface area (Å²) < 4.78 is 5.35. The Morgan fingerprint density at radius 3 is 2.57 bits per heavy atom. The Morgan fingerprint density at radius 1 is 1.14 bits per heavy atom. The maximum Gasteiger partial charge on any atom is 0.329 e. The number of esters is 1. The van der Waals surface area contributed by atoms with Crippen molar-refractivity contribution < 1.29 is 14.3 Å². The molecule has 0 saturated carbocycles. The van der Waals surface area contributed by atoms with Gasteiger partial charge in [-0.15, -0.1) is 11.8 Å². The normalized spacial score (nSPS) is 18.9. The summed E-state index contributed by atoms with van der Waals surface area (Å²) in [5.41, 5.74) is 1.95. The molecule has 0 aliphatic carbocycles. The summed E-state index contributed by atoms with van der Waals surface area (Å²) in [7, 11) is 0. The fourth-order valence-corrected chi connectivity index (χ4v) is 5.01. The molecule has 1 fully saturated rings. The topological polar surface area (TPSA) is 46.6 Å². The number of carbonyl (C=O) groups is 2. The molecule has 3 rings (SSSR count). The number of rotatable bonds is 7. The van der Waals surface area contributed by atoms with E-state index in [1.54, 1.807) is 16.7 Å². The number of hydrogen-bond acceptors (Lipinski definition) is 4. The van der Waals surface area contributed by atoms with Crippen molar-refractivity contribution in [2.45, 2.75) is 37.6 Å². The molecular weight excluding hydrogens is 394 g/mol. The minimum Gasteiger partial charge on any atom is -0.464 e. The molecule has 2 unspecified atom stereocenters. The summed E-state index contributed by atoms with van der Waals surface area (Å²) in [4.78, 5) is 27.4. The number of nitrogens with zero attached hydrogens (tertiary/aromatic N) is 1. The van der Waals surface area contributed by atoms with Gasteiger partial charge in [-0.2, -0.15) is 0 Å². The predicted molar refractivity (Wildman–Crippen MR) is 113 cm³/mol. The standard InChI is InChI=1S/C22H24ClNO3S/c1-2-14-27-22(26)19-15-28-21(17-10-6-7-11-18(17)23)24(19)20(25)13-12-16-8-4-3-5-9-16/h3-11,19,21H,2,12-15H2,1H3. The number of benzene rings is 2. The Bertz CT molecular complexity index is 814. The van der Waals surface area contributed by atoms with Gasteiger partial charge in [-0.3, -0.25) is 4.79 Å². The number of carbonyl (C=O) groups excluding carboxylic acids is 2. The molecule has 0 radical (unpaired) electrons. The van der Waals surface area contributed by atoms with Crippen molar-refractivity contribution in [3.63, 3.8) is 0 Å². The molecule has 0 spiro atoms. The molecule has 0 aromatic heterocycles. The Morgan fingerprint density at radius 2 is 1.86 bits per heavy atom. The highest BCUT2D eigenvalue weighted by atomic mass is 35.5. The summed E-state index contributed by atoms with van der Waals surface area (Å²) in [5.74, 6) is 0.115. The fraction of sp³-hybridized carbons (Fsp3) is 0.364. The van der Waals surface area contributed by atoms with E-state index in [0.717, 1.165) is 17.5 Å². The molecule has 2 atom stereocenters. The molecule has 6 heteroatoms. The quantitative estimate of drug-likeness (QED) is 0.603. The van der Waals surface area contributed by atoms with Crippen LogP contribution in [0, 0.1) is 0 Å². The van der Waals surface area contributed by atoms with Gasteiger partial charge in [0.15, 0.2) is 0 Å². The lowest BCUT2D eigenvalue weighted by Crippen LogP contribution is -2.44. The number of thioether (sulfide) groups is 1. The van der Waals surface area contributed by atoms with Gasteiger partial charge in [-0.1, -0.05) is 67.1 Å². The van der Waals surface area contributed by atoms with Gasteiger partial charge < -0.3 is 9.64 Å². The van der Waals surface area contributed by atoms with Crippen LogP contribution in [0.1, 0.15) is 36.3 Å². The van der Waals surface area contributed by atoms with E-state index in [4.69, 9.17) is 16.3 Å². The van der Waals surface area contributed by atoms with Gasteiger partial charge in [0.1, 0.15) is 11.4 Å². The van der Waals surface area contributed by atoms with Crippen LogP contribution in [0.15, 0.2) is 54.6 Å². The van der Waals surface area contributed by atoms with Gasteiger partial charge in [0.2, 0.25) is 5.91 Å². The van der Waals surface area contributed by atoms with Crippen LogP contribution < -0.4 is 0 Å².